The molecule has 0 radical (unpaired) electrons. The number of rotatable bonds is 7. The van der Waals surface area contributed by atoms with Crippen LogP contribution in [0.25, 0.3) is 16.7 Å². The van der Waals surface area contributed by atoms with Crippen LogP contribution in [-0.2, 0) is 0 Å². The van der Waals surface area contributed by atoms with E-state index < -0.39 is 0 Å². The summed E-state index contributed by atoms with van der Waals surface area (Å²) in [5, 5.41) is 4.03. The van der Waals surface area contributed by atoms with Crippen LogP contribution in [0.5, 0.6) is 5.75 Å². The summed E-state index contributed by atoms with van der Waals surface area (Å²) in [5.41, 5.74) is 3.37. The summed E-state index contributed by atoms with van der Waals surface area (Å²) in [6.45, 7) is 4.95. The van der Waals surface area contributed by atoms with Gasteiger partial charge in [-0.2, -0.15) is 0 Å². The van der Waals surface area contributed by atoms with E-state index >= 15 is 0 Å². The molecule has 6 nitrogen and oxygen atoms in total. The second-order valence-electron chi connectivity index (χ2n) is 7.10. The van der Waals surface area contributed by atoms with Crippen molar-refractivity contribution in [2.24, 2.45) is 0 Å². The molecule has 4 rings (SSSR count). The molecule has 1 amide bonds. The van der Waals surface area contributed by atoms with E-state index in [1.54, 1.807) is 12.4 Å². The molecular formula is C24H24N4O2. The Hall–Kier alpha value is -3.67. The largest absolute Gasteiger partial charge is 0.491 e. The van der Waals surface area contributed by atoms with Crippen LogP contribution in [0.15, 0.2) is 67.0 Å². The molecule has 0 bridgehead atoms. The van der Waals surface area contributed by atoms with Crippen LogP contribution in [0.1, 0.15) is 28.2 Å². The third kappa shape index (κ3) is 4.03. The molecule has 4 aromatic rings. The molecule has 0 saturated carbocycles. The Morgan fingerprint density at radius 1 is 1.03 bits per heavy atom. The Morgan fingerprint density at radius 2 is 1.87 bits per heavy atom. The number of aryl methyl sites for hydroxylation is 1. The van der Waals surface area contributed by atoms with Crippen molar-refractivity contribution in [3.8, 4) is 11.6 Å². The highest BCUT2D eigenvalue weighted by molar-refractivity contribution is 5.95. The molecule has 0 aliphatic heterocycles. The van der Waals surface area contributed by atoms with Gasteiger partial charge in [-0.1, -0.05) is 24.3 Å². The van der Waals surface area contributed by atoms with Crippen LogP contribution in [-0.4, -0.2) is 33.6 Å². The third-order valence-electron chi connectivity index (χ3n) is 5.01. The molecule has 152 valence electrons. The van der Waals surface area contributed by atoms with Crippen molar-refractivity contribution in [2.45, 2.75) is 20.3 Å². The average molecular weight is 400 g/mol. The Labute approximate surface area is 175 Å². The minimum absolute atomic E-state index is 0.0860. The van der Waals surface area contributed by atoms with Gasteiger partial charge >= 0.3 is 0 Å². The first-order valence-corrected chi connectivity index (χ1v) is 10.0. The number of carbonyl (C=O) groups is 1. The van der Waals surface area contributed by atoms with E-state index in [2.05, 4.69) is 15.3 Å². The van der Waals surface area contributed by atoms with Gasteiger partial charge in [0.15, 0.2) is 0 Å². The maximum atomic E-state index is 12.7. The van der Waals surface area contributed by atoms with Gasteiger partial charge in [-0.15, -0.1) is 0 Å². The Morgan fingerprint density at radius 3 is 2.70 bits per heavy atom. The molecule has 0 fully saturated rings. The molecule has 0 spiro atoms. The van der Waals surface area contributed by atoms with Crippen molar-refractivity contribution < 1.29 is 9.53 Å². The van der Waals surface area contributed by atoms with Crippen LogP contribution in [0.4, 0.5) is 0 Å². The molecule has 1 aromatic carbocycles. The van der Waals surface area contributed by atoms with Crippen molar-refractivity contribution in [3.63, 3.8) is 0 Å². The fourth-order valence-corrected chi connectivity index (χ4v) is 3.58. The standard InChI is InChI=1S/C24H24N4O2/c1-17-16-20(18(2)28(17)22-11-3-4-12-25-22)24(29)27-14-7-15-30-21-10-5-8-19-9-6-13-26-23(19)21/h3-6,8-13,16H,7,14-15H2,1-2H3,(H,27,29). The predicted molar refractivity (Wildman–Crippen MR) is 117 cm³/mol. The summed E-state index contributed by atoms with van der Waals surface area (Å²) < 4.78 is 7.88. The monoisotopic (exact) mass is 400 g/mol. The summed E-state index contributed by atoms with van der Waals surface area (Å²) in [5.74, 6) is 1.49. The van der Waals surface area contributed by atoms with E-state index in [-0.39, 0.29) is 5.91 Å². The van der Waals surface area contributed by atoms with Gasteiger partial charge in [0.05, 0.1) is 12.2 Å². The number of hydrogen-bond donors (Lipinski definition) is 1. The number of amides is 1. The third-order valence-corrected chi connectivity index (χ3v) is 5.01. The summed E-state index contributed by atoms with van der Waals surface area (Å²) in [7, 11) is 0. The number of hydrogen-bond acceptors (Lipinski definition) is 4. The Bertz CT molecular complexity index is 1160. The van der Waals surface area contributed by atoms with E-state index in [1.165, 1.54) is 0 Å². The first-order chi connectivity index (χ1) is 14.6. The quantitative estimate of drug-likeness (QED) is 0.471. The van der Waals surface area contributed by atoms with Crippen molar-refractivity contribution in [3.05, 3.63) is 83.9 Å². The topological polar surface area (TPSA) is 69.0 Å². The number of benzene rings is 1. The van der Waals surface area contributed by atoms with Gasteiger partial charge in [0.1, 0.15) is 17.1 Å². The highest BCUT2D eigenvalue weighted by Gasteiger charge is 2.16. The molecule has 0 atom stereocenters. The molecule has 3 heterocycles. The maximum Gasteiger partial charge on any atom is 0.253 e. The first kappa shape index (κ1) is 19.6. The number of pyridine rings is 2. The van der Waals surface area contributed by atoms with E-state index in [0.29, 0.717) is 25.1 Å². The van der Waals surface area contributed by atoms with Crippen LogP contribution < -0.4 is 10.1 Å². The summed E-state index contributed by atoms with van der Waals surface area (Å²) in [6.07, 6.45) is 4.21. The van der Waals surface area contributed by atoms with Gasteiger partial charge in [0, 0.05) is 35.7 Å². The molecule has 0 unspecified atom stereocenters. The van der Waals surface area contributed by atoms with E-state index in [4.69, 9.17) is 4.74 Å². The van der Waals surface area contributed by atoms with Crippen LogP contribution in [0, 0.1) is 13.8 Å². The highest BCUT2D eigenvalue weighted by atomic mass is 16.5. The number of carbonyl (C=O) groups excluding carboxylic acids is 1. The van der Waals surface area contributed by atoms with Gasteiger partial charge in [0.2, 0.25) is 0 Å². The summed E-state index contributed by atoms with van der Waals surface area (Å²) in [6, 6.07) is 17.5. The minimum Gasteiger partial charge on any atom is -0.491 e. The smallest absolute Gasteiger partial charge is 0.253 e. The van der Waals surface area contributed by atoms with Gasteiger partial charge in [0.25, 0.3) is 5.91 Å². The highest BCUT2D eigenvalue weighted by Crippen LogP contribution is 2.23. The molecule has 0 saturated heterocycles. The molecule has 30 heavy (non-hydrogen) atoms. The number of para-hydroxylation sites is 1. The lowest BCUT2D eigenvalue weighted by molar-refractivity contribution is 0.0951. The van der Waals surface area contributed by atoms with Gasteiger partial charge in [-0.3, -0.25) is 9.78 Å². The fraction of sp³-hybridized carbons (Fsp3) is 0.208. The minimum atomic E-state index is -0.0860. The number of nitrogens with zero attached hydrogens (tertiary/aromatic N) is 3. The molecule has 0 aliphatic carbocycles. The first-order valence-electron chi connectivity index (χ1n) is 10.0. The number of ether oxygens (including phenoxy) is 1. The average Bonchev–Trinajstić information content (AvgIpc) is 3.08. The van der Waals surface area contributed by atoms with Crippen molar-refractivity contribution >= 4 is 16.8 Å². The molecule has 1 N–H and O–H groups in total. The molecule has 3 aromatic heterocycles. The summed E-state index contributed by atoms with van der Waals surface area (Å²) in [4.78, 5) is 21.5. The predicted octanol–water partition coefficient (Wildman–Crippen LogP) is 4.24. The van der Waals surface area contributed by atoms with Crippen LogP contribution in [0.2, 0.25) is 0 Å². The van der Waals surface area contributed by atoms with Crippen molar-refractivity contribution in [2.75, 3.05) is 13.2 Å². The van der Waals surface area contributed by atoms with Gasteiger partial charge in [-0.05, 0) is 50.6 Å². The fourth-order valence-electron chi connectivity index (χ4n) is 3.58. The van der Waals surface area contributed by atoms with Gasteiger partial charge < -0.3 is 14.6 Å². The Balaban J connectivity index is 1.33. The maximum absolute atomic E-state index is 12.7. The van der Waals surface area contributed by atoms with E-state index in [0.717, 1.165) is 33.9 Å². The van der Waals surface area contributed by atoms with Crippen molar-refractivity contribution in [1.29, 1.82) is 0 Å². The zero-order valence-electron chi connectivity index (χ0n) is 17.1. The van der Waals surface area contributed by atoms with Crippen LogP contribution >= 0.6 is 0 Å². The zero-order chi connectivity index (χ0) is 20.9. The van der Waals surface area contributed by atoms with Crippen molar-refractivity contribution in [1.82, 2.24) is 19.9 Å². The molecule has 6 heteroatoms. The normalized spacial score (nSPS) is 10.9. The number of aromatic nitrogens is 3. The lowest BCUT2D eigenvalue weighted by atomic mass is 10.2. The van der Waals surface area contributed by atoms with E-state index in [9.17, 15) is 4.79 Å². The lowest BCUT2D eigenvalue weighted by Gasteiger charge is -2.10. The molecule has 0 aliphatic rings. The lowest BCUT2D eigenvalue weighted by Crippen LogP contribution is -2.26. The molecular weight excluding hydrogens is 376 g/mol. The van der Waals surface area contributed by atoms with Crippen LogP contribution in [0.3, 0.4) is 0 Å². The second-order valence-corrected chi connectivity index (χ2v) is 7.10. The Kier molecular flexibility index (Phi) is 5.75. The number of nitrogens with one attached hydrogen (secondary N) is 1. The van der Waals surface area contributed by atoms with E-state index in [1.807, 2.05) is 73.0 Å². The van der Waals surface area contributed by atoms with Gasteiger partial charge in [-0.25, -0.2) is 4.98 Å². The second kappa shape index (κ2) is 8.78. The summed E-state index contributed by atoms with van der Waals surface area (Å²) >= 11 is 0. The SMILES string of the molecule is Cc1cc(C(=O)NCCCOc2cccc3cccnc23)c(C)n1-c1ccccn1. The zero-order valence-corrected chi connectivity index (χ0v) is 17.1. The number of fused-ring (bicyclic) bond motifs is 1.